The average Bonchev–Trinajstić information content (AvgIpc) is 3.14. The molecule has 108 valence electrons. The zero-order valence-corrected chi connectivity index (χ0v) is 11.4. The topological polar surface area (TPSA) is 65.4 Å². The minimum absolute atomic E-state index is 0.0816. The summed E-state index contributed by atoms with van der Waals surface area (Å²) >= 11 is 0. The highest BCUT2D eigenvalue weighted by molar-refractivity contribution is 5.95. The largest absolute Gasteiger partial charge is 0.454 e. The van der Waals surface area contributed by atoms with Gasteiger partial charge >= 0.3 is 0 Å². The summed E-state index contributed by atoms with van der Waals surface area (Å²) in [5, 5.41) is 3.07. The molecule has 0 aliphatic carbocycles. The van der Waals surface area contributed by atoms with Gasteiger partial charge in [-0.2, -0.15) is 0 Å². The van der Waals surface area contributed by atoms with Crippen LogP contribution in [0.3, 0.4) is 0 Å². The third-order valence-electron chi connectivity index (χ3n) is 3.91. The molecule has 4 rings (SSSR count). The molecule has 6 heteroatoms. The summed E-state index contributed by atoms with van der Waals surface area (Å²) in [6.07, 6.45) is 5.55. The number of carbonyl (C=O) groups is 1. The van der Waals surface area contributed by atoms with E-state index in [-0.39, 0.29) is 18.7 Å². The van der Waals surface area contributed by atoms with E-state index in [4.69, 9.17) is 9.47 Å². The fourth-order valence-corrected chi connectivity index (χ4v) is 2.79. The third-order valence-corrected chi connectivity index (χ3v) is 3.91. The summed E-state index contributed by atoms with van der Waals surface area (Å²) in [4.78, 5) is 16.6. The standard InChI is InChI=1S/C15H15N3O3/c19-15(10-1-3-12-13(7-10)21-9-20-12)17-11-2-4-14-16-5-6-18(14)8-11/h1,3,5-7,11H,2,4,8-9H2,(H,17,19)/t11-/m0/s1. The van der Waals surface area contributed by atoms with Crippen LogP contribution in [0.25, 0.3) is 0 Å². The molecule has 21 heavy (non-hydrogen) atoms. The molecule has 0 fully saturated rings. The molecule has 2 aliphatic heterocycles. The summed E-state index contributed by atoms with van der Waals surface area (Å²) in [5.41, 5.74) is 0.593. The number of hydrogen-bond acceptors (Lipinski definition) is 4. The van der Waals surface area contributed by atoms with E-state index in [0.29, 0.717) is 17.1 Å². The third kappa shape index (κ3) is 2.22. The van der Waals surface area contributed by atoms with Crippen LogP contribution in [0.4, 0.5) is 0 Å². The van der Waals surface area contributed by atoms with Crippen molar-refractivity contribution in [1.29, 1.82) is 0 Å². The van der Waals surface area contributed by atoms with Gasteiger partial charge in [-0.15, -0.1) is 0 Å². The maximum atomic E-state index is 12.3. The molecule has 2 aliphatic rings. The van der Waals surface area contributed by atoms with Crippen molar-refractivity contribution >= 4 is 5.91 Å². The van der Waals surface area contributed by atoms with Gasteiger partial charge in [0.1, 0.15) is 5.82 Å². The van der Waals surface area contributed by atoms with E-state index in [1.807, 2.05) is 6.20 Å². The van der Waals surface area contributed by atoms with Gasteiger partial charge in [-0.25, -0.2) is 4.98 Å². The van der Waals surface area contributed by atoms with E-state index < -0.39 is 0 Å². The Balaban J connectivity index is 1.47. The number of hydrogen-bond donors (Lipinski definition) is 1. The Hall–Kier alpha value is -2.50. The lowest BCUT2D eigenvalue weighted by atomic mass is 10.1. The first kappa shape index (κ1) is 12.3. The van der Waals surface area contributed by atoms with Crippen molar-refractivity contribution in [3.05, 3.63) is 42.0 Å². The summed E-state index contributed by atoms with van der Waals surface area (Å²) in [7, 11) is 0. The zero-order chi connectivity index (χ0) is 14.2. The van der Waals surface area contributed by atoms with Crippen molar-refractivity contribution in [2.75, 3.05) is 6.79 Å². The minimum atomic E-state index is -0.0816. The second-order valence-corrected chi connectivity index (χ2v) is 5.27. The molecule has 0 radical (unpaired) electrons. The Morgan fingerprint density at radius 1 is 1.33 bits per heavy atom. The van der Waals surface area contributed by atoms with Crippen LogP contribution in [0, 0.1) is 0 Å². The van der Waals surface area contributed by atoms with E-state index in [1.54, 1.807) is 24.4 Å². The lowest BCUT2D eigenvalue weighted by molar-refractivity contribution is 0.0927. The Bertz CT molecular complexity index is 695. The van der Waals surface area contributed by atoms with Crippen molar-refractivity contribution in [3.63, 3.8) is 0 Å². The van der Waals surface area contributed by atoms with E-state index in [2.05, 4.69) is 14.9 Å². The Kier molecular flexibility index (Phi) is 2.80. The predicted molar refractivity (Wildman–Crippen MR) is 74.4 cm³/mol. The second kappa shape index (κ2) is 4.80. The van der Waals surface area contributed by atoms with E-state index in [0.717, 1.165) is 25.2 Å². The molecule has 0 bridgehead atoms. The van der Waals surface area contributed by atoms with Crippen molar-refractivity contribution in [2.45, 2.75) is 25.4 Å². The molecule has 0 saturated heterocycles. The molecular weight excluding hydrogens is 270 g/mol. The van der Waals surface area contributed by atoms with Crippen molar-refractivity contribution < 1.29 is 14.3 Å². The number of fused-ring (bicyclic) bond motifs is 2. The molecule has 0 spiro atoms. The number of aromatic nitrogens is 2. The smallest absolute Gasteiger partial charge is 0.251 e. The zero-order valence-electron chi connectivity index (χ0n) is 11.4. The molecule has 2 aromatic rings. The SMILES string of the molecule is O=C(N[C@H]1CCc2nccn2C1)c1ccc2c(c1)OCO2. The van der Waals surface area contributed by atoms with Crippen LogP contribution in [0.2, 0.25) is 0 Å². The number of benzene rings is 1. The van der Waals surface area contributed by atoms with Gasteiger partial charge in [-0.1, -0.05) is 0 Å². The van der Waals surface area contributed by atoms with Crippen molar-refractivity contribution in [1.82, 2.24) is 14.9 Å². The summed E-state index contributed by atoms with van der Waals surface area (Å²) in [6.45, 7) is 0.984. The fourth-order valence-electron chi connectivity index (χ4n) is 2.79. The first-order chi connectivity index (χ1) is 10.3. The summed E-state index contributed by atoms with van der Waals surface area (Å²) in [5.74, 6) is 2.32. The molecule has 1 atom stereocenters. The van der Waals surface area contributed by atoms with Gasteiger partial charge < -0.3 is 19.4 Å². The lowest BCUT2D eigenvalue weighted by Crippen LogP contribution is -2.40. The Labute approximate surface area is 121 Å². The highest BCUT2D eigenvalue weighted by Crippen LogP contribution is 2.32. The molecule has 1 aromatic heterocycles. The van der Waals surface area contributed by atoms with Gasteiger partial charge in [0.25, 0.3) is 5.91 Å². The maximum absolute atomic E-state index is 12.3. The number of amides is 1. The molecule has 3 heterocycles. The number of rotatable bonds is 2. The van der Waals surface area contributed by atoms with Crippen LogP contribution in [0.15, 0.2) is 30.6 Å². The van der Waals surface area contributed by atoms with Gasteiger partial charge in [-0.3, -0.25) is 4.79 Å². The molecule has 6 nitrogen and oxygen atoms in total. The van der Waals surface area contributed by atoms with Crippen LogP contribution in [-0.4, -0.2) is 28.3 Å². The van der Waals surface area contributed by atoms with E-state index in [9.17, 15) is 4.79 Å². The van der Waals surface area contributed by atoms with Crippen LogP contribution in [0.1, 0.15) is 22.6 Å². The van der Waals surface area contributed by atoms with Gasteiger partial charge in [-0.05, 0) is 24.6 Å². The quantitative estimate of drug-likeness (QED) is 0.904. The molecule has 0 unspecified atom stereocenters. The number of carbonyl (C=O) groups excluding carboxylic acids is 1. The number of nitrogens with one attached hydrogen (secondary N) is 1. The normalized spacial score (nSPS) is 19.1. The van der Waals surface area contributed by atoms with E-state index in [1.165, 1.54) is 0 Å². The van der Waals surface area contributed by atoms with Crippen LogP contribution in [0.5, 0.6) is 11.5 Å². The molecule has 1 aromatic carbocycles. The number of ether oxygens (including phenoxy) is 2. The highest BCUT2D eigenvalue weighted by atomic mass is 16.7. The van der Waals surface area contributed by atoms with Crippen LogP contribution >= 0.6 is 0 Å². The first-order valence-corrected chi connectivity index (χ1v) is 7.00. The summed E-state index contributed by atoms with van der Waals surface area (Å²) < 4.78 is 12.6. The van der Waals surface area contributed by atoms with Gasteiger partial charge in [0, 0.05) is 37.0 Å². The van der Waals surface area contributed by atoms with Crippen LogP contribution < -0.4 is 14.8 Å². The van der Waals surface area contributed by atoms with Gasteiger partial charge in [0.15, 0.2) is 11.5 Å². The Morgan fingerprint density at radius 3 is 3.19 bits per heavy atom. The van der Waals surface area contributed by atoms with Crippen LogP contribution in [-0.2, 0) is 13.0 Å². The fraction of sp³-hybridized carbons (Fsp3) is 0.333. The number of nitrogens with zero attached hydrogens (tertiary/aromatic N) is 2. The highest BCUT2D eigenvalue weighted by Gasteiger charge is 2.22. The molecule has 1 amide bonds. The predicted octanol–water partition coefficient (Wildman–Crippen LogP) is 1.36. The monoisotopic (exact) mass is 285 g/mol. The molecule has 0 saturated carbocycles. The number of aryl methyl sites for hydroxylation is 1. The maximum Gasteiger partial charge on any atom is 0.251 e. The van der Waals surface area contributed by atoms with Crippen molar-refractivity contribution in [2.24, 2.45) is 0 Å². The average molecular weight is 285 g/mol. The van der Waals surface area contributed by atoms with Gasteiger partial charge in [0.05, 0.1) is 0 Å². The molecule has 1 N–H and O–H groups in total. The Morgan fingerprint density at radius 2 is 2.24 bits per heavy atom. The van der Waals surface area contributed by atoms with Crippen molar-refractivity contribution in [3.8, 4) is 11.5 Å². The minimum Gasteiger partial charge on any atom is -0.454 e. The second-order valence-electron chi connectivity index (χ2n) is 5.27. The van der Waals surface area contributed by atoms with Gasteiger partial charge in [0.2, 0.25) is 6.79 Å². The molecular formula is C15H15N3O3. The van der Waals surface area contributed by atoms with E-state index >= 15 is 0 Å². The first-order valence-electron chi connectivity index (χ1n) is 7.00. The summed E-state index contributed by atoms with van der Waals surface area (Å²) in [6, 6.07) is 5.38. The lowest BCUT2D eigenvalue weighted by Gasteiger charge is -2.24. The number of imidazole rings is 1.